The highest BCUT2D eigenvalue weighted by Gasteiger charge is 2.40. The Balaban J connectivity index is 1.95. The number of anilines is 1. The molecule has 1 unspecified atom stereocenters. The van der Waals surface area contributed by atoms with E-state index in [0.717, 1.165) is 18.1 Å². The van der Waals surface area contributed by atoms with Crippen LogP contribution in [-0.2, 0) is 7.05 Å². The van der Waals surface area contributed by atoms with Crippen LogP contribution in [0.5, 0.6) is 0 Å². The Bertz CT molecular complexity index is 943. The van der Waals surface area contributed by atoms with Crippen molar-refractivity contribution in [2.24, 2.45) is 7.05 Å². The van der Waals surface area contributed by atoms with Gasteiger partial charge in [0.15, 0.2) is 0 Å². The zero-order valence-corrected chi connectivity index (χ0v) is 14.0. The van der Waals surface area contributed by atoms with Gasteiger partial charge in [0.2, 0.25) is 0 Å². The molecule has 0 amide bonds. The molecule has 2 aromatic carbocycles. The minimum absolute atomic E-state index is 0.302. The molecule has 3 aromatic rings. The van der Waals surface area contributed by atoms with Crippen LogP contribution in [-0.4, -0.2) is 29.6 Å². The standard InChI is InChI=1S/C19H18ClN3/c1-21-9-10-23-16-6-4-3-5-13(16)17-14-11-12(20)7-8-15(14)22(2)18(17)19(21)23/h3-8,11,19H,9-10H2,1-2H3. The Kier molecular flexibility index (Phi) is 2.65. The average Bonchev–Trinajstić information content (AvgIpc) is 3.07. The molecule has 23 heavy (non-hydrogen) atoms. The molecule has 0 N–H and O–H groups in total. The topological polar surface area (TPSA) is 11.4 Å². The van der Waals surface area contributed by atoms with Crippen LogP contribution in [0.15, 0.2) is 42.5 Å². The van der Waals surface area contributed by atoms with E-state index < -0.39 is 0 Å². The van der Waals surface area contributed by atoms with Gasteiger partial charge in [-0.3, -0.25) is 4.90 Å². The monoisotopic (exact) mass is 323 g/mol. The number of halogens is 1. The molecule has 5 rings (SSSR count). The number of rotatable bonds is 0. The minimum atomic E-state index is 0.302. The summed E-state index contributed by atoms with van der Waals surface area (Å²) < 4.78 is 2.34. The van der Waals surface area contributed by atoms with Gasteiger partial charge in [0, 0.05) is 52.9 Å². The summed E-state index contributed by atoms with van der Waals surface area (Å²) >= 11 is 6.31. The van der Waals surface area contributed by atoms with E-state index in [1.54, 1.807) is 0 Å². The van der Waals surface area contributed by atoms with Gasteiger partial charge in [-0.25, -0.2) is 0 Å². The fourth-order valence-corrected chi connectivity index (χ4v) is 4.49. The number of aromatic nitrogens is 1. The number of likely N-dealkylation sites (N-methyl/N-ethyl adjacent to an activating group) is 1. The van der Waals surface area contributed by atoms with Crippen molar-refractivity contribution in [1.29, 1.82) is 0 Å². The molecule has 1 fully saturated rings. The molecule has 1 saturated heterocycles. The summed E-state index contributed by atoms with van der Waals surface area (Å²) in [4.78, 5) is 4.97. The van der Waals surface area contributed by atoms with Crippen molar-refractivity contribution in [2.75, 3.05) is 25.0 Å². The summed E-state index contributed by atoms with van der Waals surface area (Å²) in [7, 11) is 4.39. The van der Waals surface area contributed by atoms with Crippen molar-refractivity contribution in [3.05, 3.63) is 53.2 Å². The quantitative estimate of drug-likeness (QED) is 0.612. The summed E-state index contributed by atoms with van der Waals surface area (Å²) in [5, 5.41) is 2.05. The highest BCUT2D eigenvalue weighted by atomic mass is 35.5. The smallest absolute Gasteiger partial charge is 0.124 e. The largest absolute Gasteiger partial charge is 0.349 e. The lowest BCUT2D eigenvalue weighted by Gasteiger charge is -2.36. The summed E-state index contributed by atoms with van der Waals surface area (Å²) in [6.07, 6.45) is 0.302. The summed E-state index contributed by atoms with van der Waals surface area (Å²) in [6, 6.07) is 15.0. The van der Waals surface area contributed by atoms with Crippen LogP contribution in [0.3, 0.4) is 0 Å². The average molecular weight is 324 g/mol. The highest BCUT2D eigenvalue weighted by Crippen LogP contribution is 2.51. The number of nitrogens with zero attached hydrogens (tertiary/aromatic N) is 3. The molecule has 2 aliphatic rings. The van der Waals surface area contributed by atoms with Crippen LogP contribution >= 0.6 is 11.6 Å². The van der Waals surface area contributed by atoms with Crippen molar-refractivity contribution < 1.29 is 0 Å². The Morgan fingerprint density at radius 3 is 2.74 bits per heavy atom. The normalized spacial score (nSPS) is 19.8. The van der Waals surface area contributed by atoms with Crippen molar-refractivity contribution in [2.45, 2.75) is 6.17 Å². The van der Waals surface area contributed by atoms with Gasteiger partial charge in [-0.05, 0) is 31.3 Å². The molecular formula is C19H18ClN3. The molecule has 2 aliphatic heterocycles. The van der Waals surface area contributed by atoms with Crippen LogP contribution in [0.1, 0.15) is 11.9 Å². The van der Waals surface area contributed by atoms with Gasteiger partial charge in [-0.1, -0.05) is 29.8 Å². The third-order valence-electron chi connectivity index (χ3n) is 5.34. The van der Waals surface area contributed by atoms with E-state index in [4.69, 9.17) is 11.6 Å². The number of benzene rings is 2. The second kappa shape index (κ2) is 4.53. The molecule has 116 valence electrons. The van der Waals surface area contributed by atoms with Gasteiger partial charge in [0.05, 0.1) is 5.69 Å². The van der Waals surface area contributed by atoms with E-state index in [-0.39, 0.29) is 0 Å². The lowest BCUT2D eigenvalue weighted by molar-refractivity contribution is 0.308. The lowest BCUT2D eigenvalue weighted by atomic mass is 9.94. The van der Waals surface area contributed by atoms with Crippen LogP contribution in [0.2, 0.25) is 5.02 Å². The SMILES string of the molecule is CN1CCN2c3ccccc3-c3c(n(C)c4ccc(Cl)cc34)C12. The number of aryl methyl sites for hydroxylation is 1. The van der Waals surface area contributed by atoms with E-state index in [1.807, 2.05) is 6.07 Å². The Morgan fingerprint density at radius 2 is 1.87 bits per heavy atom. The van der Waals surface area contributed by atoms with E-state index in [2.05, 4.69) is 64.9 Å². The first-order valence-corrected chi connectivity index (χ1v) is 8.39. The molecule has 3 heterocycles. The van der Waals surface area contributed by atoms with Crippen LogP contribution < -0.4 is 4.90 Å². The number of hydrogen-bond acceptors (Lipinski definition) is 2. The summed E-state index contributed by atoms with van der Waals surface area (Å²) in [6.45, 7) is 2.15. The van der Waals surface area contributed by atoms with Gasteiger partial charge in [0.25, 0.3) is 0 Å². The Labute approximate surface area is 140 Å². The minimum Gasteiger partial charge on any atom is -0.349 e. The van der Waals surface area contributed by atoms with E-state index >= 15 is 0 Å². The molecule has 4 heteroatoms. The van der Waals surface area contributed by atoms with Crippen molar-refractivity contribution in [3.63, 3.8) is 0 Å². The maximum atomic E-state index is 6.31. The van der Waals surface area contributed by atoms with Gasteiger partial charge < -0.3 is 9.47 Å². The fraction of sp³-hybridized carbons (Fsp3) is 0.263. The number of para-hydroxylation sites is 1. The van der Waals surface area contributed by atoms with Crippen molar-refractivity contribution >= 4 is 28.2 Å². The molecule has 0 spiro atoms. The molecular weight excluding hydrogens is 306 g/mol. The Hall–Kier alpha value is -1.97. The van der Waals surface area contributed by atoms with Crippen LogP contribution in [0, 0.1) is 0 Å². The first-order valence-electron chi connectivity index (χ1n) is 8.01. The van der Waals surface area contributed by atoms with Crippen molar-refractivity contribution in [3.8, 4) is 11.1 Å². The highest BCUT2D eigenvalue weighted by molar-refractivity contribution is 6.31. The van der Waals surface area contributed by atoms with Gasteiger partial charge in [0.1, 0.15) is 6.17 Å². The second-order valence-electron chi connectivity index (χ2n) is 6.55. The molecule has 1 aromatic heterocycles. The predicted octanol–water partition coefficient (Wildman–Crippen LogP) is 4.26. The molecule has 1 atom stereocenters. The molecule has 0 bridgehead atoms. The second-order valence-corrected chi connectivity index (χ2v) is 6.98. The maximum Gasteiger partial charge on any atom is 0.124 e. The predicted molar refractivity (Wildman–Crippen MR) is 96.1 cm³/mol. The molecule has 0 aliphatic carbocycles. The summed E-state index contributed by atoms with van der Waals surface area (Å²) in [5.74, 6) is 0. The fourth-order valence-electron chi connectivity index (χ4n) is 4.31. The zero-order chi connectivity index (χ0) is 15.7. The molecule has 0 radical (unpaired) electrons. The van der Waals surface area contributed by atoms with Crippen LogP contribution in [0.25, 0.3) is 22.0 Å². The lowest BCUT2D eigenvalue weighted by Crippen LogP contribution is -2.33. The van der Waals surface area contributed by atoms with E-state index in [1.165, 1.54) is 33.4 Å². The Morgan fingerprint density at radius 1 is 1.04 bits per heavy atom. The number of hydrogen-bond donors (Lipinski definition) is 0. The zero-order valence-electron chi connectivity index (χ0n) is 13.3. The third-order valence-corrected chi connectivity index (χ3v) is 5.58. The van der Waals surface area contributed by atoms with Crippen molar-refractivity contribution in [1.82, 2.24) is 9.47 Å². The molecule has 0 saturated carbocycles. The third kappa shape index (κ3) is 1.64. The molecule has 3 nitrogen and oxygen atoms in total. The summed E-state index contributed by atoms with van der Waals surface area (Å²) in [5.41, 5.74) is 6.62. The first-order chi connectivity index (χ1) is 11.2. The van der Waals surface area contributed by atoms with Gasteiger partial charge in [-0.2, -0.15) is 0 Å². The van der Waals surface area contributed by atoms with Crippen LogP contribution in [0.4, 0.5) is 5.69 Å². The first kappa shape index (κ1) is 13.5. The number of fused-ring (bicyclic) bond motifs is 8. The van der Waals surface area contributed by atoms with E-state index in [9.17, 15) is 0 Å². The maximum absolute atomic E-state index is 6.31. The van der Waals surface area contributed by atoms with Gasteiger partial charge >= 0.3 is 0 Å². The van der Waals surface area contributed by atoms with E-state index in [0.29, 0.717) is 6.17 Å². The van der Waals surface area contributed by atoms with Gasteiger partial charge in [-0.15, -0.1) is 0 Å².